The van der Waals surface area contributed by atoms with Gasteiger partial charge in [0.25, 0.3) is 0 Å². The van der Waals surface area contributed by atoms with E-state index in [1.54, 1.807) is 14.2 Å². The third-order valence-corrected chi connectivity index (χ3v) is 6.50. The largest absolute Gasteiger partial charge is 0.493 e. The fourth-order valence-electron chi connectivity index (χ4n) is 4.90. The quantitative estimate of drug-likeness (QED) is 0.812. The number of ether oxygens (including phenoxy) is 2. The van der Waals surface area contributed by atoms with Crippen LogP contribution in [0.3, 0.4) is 0 Å². The molecule has 0 bridgehead atoms. The van der Waals surface area contributed by atoms with Crippen molar-refractivity contribution in [3.05, 3.63) is 59.7 Å². The smallest absolute Gasteiger partial charge is 0.161 e. The van der Waals surface area contributed by atoms with Crippen LogP contribution in [0.15, 0.2) is 48.5 Å². The molecule has 29 heavy (non-hydrogen) atoms. The van der Waals surface area contributed by atoms with Gasteiger partial charge in [0.15, 0.2) is 11.5 Å². The number of nitrogens with zero attached hydrogens (tertiary/aromatic N) is 2. The zero-order chi connectivity index (χ0) is 20.3. The molecule has 2 aliphatic rings. The van der Waals surface area contributed by atoms with E-state index < -0.39 is 5.60 Å². The molecule has 0 unspecified atom stereocenters. The number of likely N-dealkylation sites (tertiary alicyclic amines) is 2. The van der Waals surface area contributed by atoms with Gasteiger partial charge in [0.1, 0.15) is 5.60 Å². The van der Waals surface area contributed by atoms with Crippen molar-refractivity contribution in [2.24, 2.45) is 0 Å². The van der Waals surface area contributed by atoms with Gasteiger partial charge in [-0.1, -0.05) is 36.4 Å². The van der Waals surface area contributed by atoms with Crippen molar-refractivity contribution in [3.63, 3.8) is 0 Å². The second kappa shape index (κ2) is 8.74. The second-order valence-corrected chi connectivity index (χ2v) is 8.22. The van der Waals surface area contributed by atoms with Crippen molar-refractivity contribution in [1.29, 1.82) is 0 Å². The summed E-state index contributed by atoms with van der Waals surface area (Å²) in [6.45, 7) is 4.72. The Morgan fingerprint density at radius 2 is 1.69 bits per heavy atom. The molecular formula is C24H32N2O3. The Morgan fingerprint density at radius 1 is 0.966 bits per heavy atom. The van der Waals surface area contributed by atoms with Crippen molar-refractivity contribution in [3.8, 4) is 11.5 Å². The summed E-state index contributed by atoms with van der Waals surface area (Å²) in [4.78, 5) is 4.95. The number of hydrogen-bond donors (Lipinski definition) is 1. The molecule has 2 aliphatic heterocycles. The number of hydrogen-bond acceptors (Lipinski definition) is 5. The first-order valence-electron chi connectivity index (χ1n) is 10.6. The zero-order valence-corrected chi connectivity index (χ0v) is 17.5. The first-order valence-corrected chi connectivity index (χ1v) is 10.6. The number of aliphatic hydroxyl groups is 1. The van der Waals surface area contributed by atoms with Gasteiger partial charge in [0, 0.05) is 19.6 Å². The van der Waals surface area contributed by atoms with Crippen molar-refractivity contribution in [1.82, 2.24) is 9.80 Å². The highest BCUT2D eigenvalue weighted by Crippen LogP contribution is 2.38. The molecule has 0 aliphatic carbocycles. The van der Waals surface area contributed by atoms with Crippen LogP contribution in [0, 0.1) is 0 Å². The number of benzene rings is 2. The molecule has 0 amide bonds. The third-order valence-electron chi connectivity index (χ3n) is 6.50. The van der Waals surface area contributed by atoms with E-state index in [4.69, 9.17) is 9.47 Å². The molecule has 0 saturated carbocycles. The van der Waals surface area contributed by atoms with Crippen LogP contribution >= 0.6 is 0 Å². The lowest BCUT2D eigenvalue weighted by atomic mass is 9.79. The van der Waals surface area contributed by atoms with E-state index in [9.17, 15) is 5.11 Å². The Kier molecular flexibility index (Phi) is 6.09. The molecule has 0 radical (unpaired) electrons. The van der Waals surface area contributed by atoms with Crippen LogP contribution in [-0.2, 0) is 12.1 Å². The zero-order valence-electron chi connectivity index (χ0n) is 17.5. The monoisotopic (exact) mass is 396 g/mol. The van der Waals surface area contributed by atoms with Crippen LogP contribution < -0.4 is 9.47 Å². The van der Waals surface area contributed by atoms with Crippen LogP contribution in [0.4, 0.5) is 0 Å². The van der Waals surface area contributed by atoms with Crippen LogP contribution in [0.5, 0.6) is 11.5 Å². The first-order chi connectivity index (χ1) is 14.1. The lowest BCUT2D eigenvalue weighted by Crippen LogP contribution is -2.60. The molecule has 2 fully saturated rings. The van der Waals surface area contributed by atoms with Gasteiger partial charge in [-0.3, -0.25) is 9.80 Å². The minimum Gasteiger partial charge on any atom is -0.493 e. The van der Waals surface area contributed by atoms with E-state index in [0.717, 1.165) is 56.2 Å². The average molecular weight is 397 g/mol. The highest BCUT2D eigenvalue weighted by Gasteiger charge is 2.46. The molecular weight excluding hydrogens is 364 g/mol. The fourth-order valence-corrected chi connectivity index (χ4v) is 4.90. The molecule has 2 aromatic rings. The number of piperidine rings is 1. The van der Waals surface area contributed by atoms with E-state index in [1.165, 1.54) is 18.4 Å². The number of rotatable bonds is 6. The predicted octanol–water partition coefficient (Wildman–Crippen LogP) is 3.26. The van der Waals surface area contributed by atoms with Gasteiger partial charge in [0.05, 0.1) is 20.3 Å². The Morgan fingerprint density at radius 3 is 2.38 bits per heavy atom. The number of methoxy groups -OCH3 is 2. The van der Waals surface area contributed by atoms with Crippen LogP contribution in [0.25, 0.3) is 0 Å². The molecule has 4 rings (SSSR count). The van der Waals surface area contributed by atoms with Gasteiger partial charge < -0.3 is 14.6 Å². The second-order valence-electron chi connectivity index (χ2n) is 8.22. The molecule has 2 heterocycles. The van der Waals surface area contributed by atoms with Crippen LogP contribution in [0.1, 0.15) is 30.4 Å². The maximum absolute atomic E-state index is 11.8. The minimum absolute atomic E-state index is 0.112. The molecule has 156 valence electrons. The van der Waals surface area contributed by atoms with Crippen LogP contribution in [-0.4, -0.2) is 61.3 Å². The standard InChI is InChI=1S/C24H32N2O3/c1-28-21-11-10-19(16-22(21)29-2)17-25-15-12-24(27,20-8-4-3-5-9-20)23(18-25)26-13-6-7-14-26/h3-5,8-11,16,23,27H,6-7,12-15,17-18H2,1-2H3/t23-,24+/m1/s1. The summed E-state index contributed by atoms with van der Waals surface area (Å²) in [5.74, 6) is 1.52. The van der Waals surface area contributed by atoms with E-state index >= 15 is 0 Å². The Labute approximate surface area is 173 Å². The van der Waals surface area contributed by atoms with Gasteiger partial charge in [0.2, 0.25) is 0 Å². The molecule has 5 heteroatoms. The average Bonchev–Trinajstić information content (AvgIpc) is 3.30. The fraction of sp³-hybridized carbons (Fsp3) is 0.500. The minimum atomic E-state index is -0.792. The summed E-state index contributed by atoms with van der Waals surface area (Å²) in [6, 6.07) is 16.5. The molecule has 5 nitrogen and oxygen atoms in total. The topological polar surface area (TPSA) is 45.2 Å². The van der Waals surface area contributed by atoms with Gasteiger partial charge in [-0.25, -0.2) is 0 Å². The van der Waals surface area contributed by atoms with Gasteiger partial charge in [-0.05, 0) is 55.6 Å². The molecule has 0 spiro atoms. The van der Waals surface area contributed by atoms with E-state index in [-0.39, 0.29) is 6.04 Å². The molecule has 2 atom stereocenters. The highest BCUT2D eigenvalue weighted by atomic mass is 16.5. The maximum Gasteiger partial charge on any atom is 0.161 e. The summed E-state index contributed by atoms with van der Waals surface area (Å²) in [5.41, 5.74) is 1.45. The lowest BCUT2D eigenvalue weighted by molar-refractivity contribution is -0.0959. The van der Waals surface area contributed by atoms with Crippen molar-refractivity contribution in [2.45, 2.75) is 37.5 Å². The van der Waals surface area contributed by atoms with Gasteiger partial charge in [-0.2, -0.15) is 0 Å². The SMILES string of the molecule is COc1ccc(CN2CC[C@](O)(c3ccccc3)[C@H](N3CCCC3)C2)cc1OC. The molecule has 2 saturated heterocycles. The van der Waals surface area contributed by atoms with E-state index in [1.807, 2.05) is 24.3 Å². The summed E-state index contributed by atoms with van der Waals surface area (Å²) in [5, 5.41) is 11.8. The van der Waals surface area contributed by atoms with E-state index in [2.05, 4.69) is 34.1 Å². The first kappa shape index (κ1) is 20.2. The van der Waals surface area contributed by atoms with Crippen LogP contribution in [0.2, 0.25) is 0 Å². The maximum atomic E-state index is 11.8. The highest BCUT2D eigenvalue weighted by molar-refractivity contribution is 5.43. The molecule has 1 N–H and O–H groups in total. The van der Waals surface area contributed by atoms with Gasteiger partial charge >= 0.3 is 0 Å². The van der Waals surface area contributed by atoms with Crippen molar-refractivity contribution < 1.29 is 14.6 Å². The Hall–Kier alpha value is -2.08. The summed E-state index contributed by atoms with van der Waals surface area (Å²) < 4.78 is 10.8. The van der Waals surface area contributed by atoms with Crippen molar-refractivity contribution in [2.75, 3.05) is 40.4 Å². The molecule has 0 aromatic heterocycles. The Balaban J connectivity index is 1.55. The Bertz CT molecular complexity index is 807. The normalized spacial score (nSPS) is 25.8. The summed E-state index contributed by atoms with van der Waals surface area (Å²) in [7, 11) is 3.33. The van der Waals surface area contributed by atoms with Crippen molar-refractivity contribution >= 4 is 0 Å². The van der Waals surface area contributed by atoms with Gasteiger partial charge in [-0.15, -0.1) is 0 Å². The summed E-state index contributed by atoms with van der Waals surface area (Å²) >= 11 is 0. The predicted molar refractivity (Wildman–Crippen MR) is 114 cm³/mol. The summed E-state index contributed by atoms with van der Waals surface area (Å²) in [6.07, 6.45) is 3.18. The lowest BCUT2D eigenvalue weighted by Gasteiger charge is -2.48. The van der Waals surface area contributed by atoms with E-state index in [0.29, 0.717) is 0 Å². The third kappa shape index (κ3) is 4.13. The molecule has 2 aromatic carbocycles.